The number of amides is 3. The van der Waals surface area contributed by atoms with Gasteiger partial charge in [0.05, 0.1) is 6.10 Å². The first-order chi connectivity index (χ1) is 14.8. The maximum Gasteiger partial charge on any atom is 0.315 e. The second kappa shape index (κ2) is 10.0. The molecule has 0 radical (unpaired) electrons. The van der Waals surface area contributed by atoms with Gasteiger partial charge in [-0.3, -0.25) is 4.79 Å². The molecule has 0 saturated heterocycles. The number of urea groups is 1. The van der Waals surface area contributed by atoms with Crippen molar-refractivity contribution in [1.29, 1.82) is 0 Å². The Morgan fingerprint density at radius 3 is 2.52 bits per heavy atom. The van der Waals surface area contributed by atoms with Crippen molar-refractivity contribution < 1.29 is 14.7 Å². The molecule has 0 spiro atoms. The van der Waals surface area contributed by atoms with E-state index in [1.807, 2.05) is 44.2 Å². The van der Waals surface area contributed by atoms with Crippen LogP contribution in [0, 0.1) is 29.1 Å². The van der Waals surface area contributed by atoms with Gasteiger partial charge in [-0.05, 0) is 61.3 Å². The summed E-state index contributed by atoms with van der Waals surface area (Å²) in [4.78, 5) is 25.0. The molecule has 3 amide bonds. The van der Waals surface area contributed by atoms with Crippen LogP contribution in [0.5, 0.6) is 0 Å². The van der Waals surface area contributed by atoms with E-state index in [1.54, 1.807) is 0 Å². The third-order valence-electron chi connectivity index (χ3n) is 7.91. The monoisotopic (exact) mass is 429 g/mol. The number of benzene rings is 1. The molecule has 1 aromatic carbocycles. The molecule has 3 rings (SSSR count). The molecule has 0 aliphatic heterocycles. The highest BCUT2D eigenvalue weighted by atomic mass is 16.3. The number of hydrogen-bond acceptors (Lipinski definition) is 3. The average molecular weight is 430 g/mol. The van der Waals surface area contributed by atoms with Crippen LogP contribution in [0.4, 0.5) is 4.79 Å². The van der Waals surface area contributed by atoms with Gasteiger partial charge in [-0.1, -0.05) is 51.1 Å². The molecule has 172 valence electrons. The van der Waals surface area contributed by atoms with Crippen molar-refractivity contribution in [3.63, 3.8) is 0 Å². The van der Waals surface area contributed by atoms with E-state index in [1.165, 1.54) is 0 Å². The molecule has 4 N–H and O–H groups in total. The summed E-state index contributed by atoms with van der Waals surface area (Å²) in [7, 11) is 0. The Hall–Kier alpha value is -2.08. The van der Waals surface area contributed by atoms with E-state index in [0.29, 0.717) is 13.1 Å². The fourth-order valence-electron chi connectivity index (χ4n) is 6.02. The number of carbonyl (C=O) groups is 2. The van der Waals surface area contributed by atoms with E-state index in [4.69, 9.17) is 0 Å². The van der Waals surface area contributed by atoms with Crippen molar-refractivity contribution in [3.05, 3.63) is 35.9 Å². The Balaban J connectivity index is 1.66. The highest BCUT2D eigenvalue weighted by Crippen LogP contribution is 2.55. The Morgan fingerprint density at radius 2 is 1.84 bits per heavy atom. The predicted octanol–water partition coefficient (Wildman–Crippen LogP) is 3.45. The molecule has 2 aliphatic rings. The zero-order valence-corrected chi connectivity index (χ0v) is 19.4. The van der Waals surface area contributed by atoms with Crippen molar-refractivity contribution in [3.8, 4) is 0 Å². The molecule has 1 aromatic rings. The van der Waals surface area contributed by atoms with Crippen LogP contribution in [0.2, 0.25) is 0 Å². The maximum absolute atomic E-state index is 12.9. The molecule has 7 atom stereocenters. The number of carbonyl (C=O) groups excluding carboxylic acids is 2. The lowest BCUT2D eigenvalue weighted by atomic mass is 9.52. The van der Waals surface area contributed by atoms with Gasteiger partial charge in [0.15, 0.2) is 0 Å². The molecule has 6 nitrogen and oxygen atoms in total. The Labute approximate surface area is 186 Å². The van der Waals surface area contributed by atoms with Crippen LogP contribution in [-0.4, -0.2) is 35.7 Å². The smallest absolute Gasteiger partial charge is 0.315 e. The number of nitrogens with one attached hydrogen (secondary N) is 3. The summed E-state index contributed by atoms with van der Waals surface area (Å²) in [6.07, 6.45) is 3.22. The number of aliphatic hydroxyl groups excluding tert-OH is 1. The number of rotatable bonds is 6. The van der Waals surface area contributed by atoms with Crippen LogP contribution >= 0.6 is 0 Å². The largest absolute Gasteiger partial charge is 0.392 e. The van der Waals surface area contributed by atoms with E-state index in [0.717, 1.165) is 31.2 Å². The van der Waals surface area contributed by atoms with Gasteiger partial charge in [-0.2, -0.15) is 0 Å². The standard InChI is InChI=1S/C25H39N3O3/c1-5-26-24(31)28-20-12-14-25(4)13-11-19(22(29)21(25)17(20)3)16(2)23(30)27-15-18-9-7-6-8-10-18/h6-10,16-17,19-22,29H,5,11-15H2,1-4H3,(H,27,30)(H2,26,28,31)/t16-,17+,19+,20-,21+,22-,25-/m0/s1. The van der Waals surface area contributed by atoms with E-state index >= 15 is 0 Å². The van der Waals surface area contributed by atoms with Crippen molar-refractivity contribution in [2.75, 3.05) is 6.54 Å². The van der Waals surface area contributed by atoms with Gasteiger partial charge >= 0.3 is 6.03 Å². The zero-order valence-electron chi connectivity index (χ0n) is 19.4. The summed E-state index contributed by atoms with van der Waals surface area (Å²) in [6, 6.07) is 9.79. The number of fused-ring (bicyclic) bond motifs is 1. The SMILES string of the molecule is CCNC(=O)N[C@H]1CC[C@]2(C)CC[C@H]([C@H](C)C(=O)NCc3ccccc3)[C@H](O)[C@H]2[C@@H]1C. The fourth-order valence-corrected chi connectivity index (χ4v) is 6.02. The third-order valence-corrected chi connectivity index (χ3v) is 7.91. The minimum atomic E-state index is -0.551. The molecular formula is C25H39N3O3. The maximum atomic E-state index is 12.9. The third kappa shape index (κ3) is 5.22. The molecule has 0 bridgehead atoms. The first-order valence-corrected chi connectivity index (χ1v) is 11.8. The van der Waals surface area contributed by atoms with E-state index in [-0.39, 0.29) is 47.1 Å². The quantitative estimate of drug-likeness (QED) is 0.558. The van der Waals surface area contributed by atoms with Crippen molar-refractivity contribution in [2.24, 2.45) is 29.1 Å². The van der Waals surface area contributed by atoms with Crippen molar-refractivity contribution in [2.45, 2.75) is 72.1 Å². The number of hydrogen-bond donors (Lipinski definition) is 4. The molecule has 0 unspecified atom stereocenters. The first-order valence-electron chi connectivity index (χ1n) is 11.8. The molecule has 2 aliphatic carbocycles. The van der Waals surface area contributed by atoms with Gasteiger partial charge in [0, 0.05) is 25.0 Å². The van der Waals surface area contributed by atoms with Gasteiger partial charge in [0.1, 0.15) is 0 Å². The van der Waals surface area contributed by atoms with Crippen LogP contribution in [0.3, 0.4) is 0 Å². The highest BCUT2D eigenvalue weighted by molar-refractivity contribution is 5.78. The zero-order chi connectivity index (χ0) is 22.6. The summed E-state index contributed by atoms with van der Waals surface area (Å²) in [5.74, 6) is -0.112. The first kappa shape index (κ1) is 23.6. The number of aliphatic hydroxyl groups is 1. The molecule has 0 heterocycles. The summed E-state index contributed by atoms with van der Waals surface area (Å²) in [5, 5.41) is 20.4. The summed E-state index contributed by atoms with van der Waals surface area (Å²) in [5.41, 5.74) is 1.12. The minimum Gasteiger partial charge on any atom is -0.392 e. The summed E-state index contributed by atoms with van der Waals surface area (Å²) >= 11 is 0. The van der Waals surface area contributed by atoms with Gasteiger partial charge in [0.25, 0.3) is 0 Å². The highest BCUT2D eigenvalue weighted by Gasteiger charge is 2.53. The van der Waals surface area contributed by atoms with Crippen molar-refractivity contribution in [1.82, 2.24) is 16.0 Å². The van der Waals surface area contributed by atoms with Gasteiger partial charge < -0.3 is 21.1 Å². The molecule has 2 saturated carbocycles. The normalized spacial score (nSPS) is 33.6. The van der Waals surface area contributed by atoms with Gasteiger partial charge in [-0.25, -0.2) is 4.79 Å². The van der Waals surface area contributed by atoms with Crippen LogP contribution in [0.1, 0.15) is 58.9 Å². The lowest BCUT2D eigenvalue weighted by Crippen LogP contribution is -2.59. The second-order valence-electron chi connectivity index (χ2n) is 9.87. The molecule has 31 heavy (non-hydrogen) atoms. The molecule has 0 aromatic heterocycles. The molecule has 6 heteroatoms. The Morgan fingerprint density at radius 1 is 1.16 bits per heavy atom. The summed E-state index contributed by atoms with van der Waals surface area (Å²) < 4.78 is 0. The lowest BCUT2D eigenvalue weighted by molar-refractivity contribution is -0.142. The lowest BCUT2D eigenvalue weighted by Gasteiger charge is -2.56. The molecule has 2 fully saturated rings. The van der Waals surface area contributed by atoms with Crippen LogP contribution in [0.25, 0.3) is 0 Å². The topological polar surface area (TPSA) is 90.5 Å². The average Bonchev–Trinajstić information content (AvgIpc) is 2.75. The van der Waals surface area contributed by atoms with E-state index < -0.39 is 6.10 Å². The molecular weight excluding hydrogens is 390 g/mol. The van der Waals surface area contributed by atoms with Gasteiger partial charge in [-0.15, -0.1) is 0 Å². The van der Waals surface area contributed by atoms with E-state index in [9.17, 15) is 14.7 Å². The second-order valence-corrected chi connectivity index (χ2v) is 9.87. The minimum absolute atomic E-state index is 0.00281. The Kier molecular flexibility index (Phi) is 7.63. The van der Waals surface area contributed by atoms with Crippen LogP contribution in [0.15, 0.2) is 30.3 Å². The predicted molar refractivity (Wildman–Crippen MR) is 122 cm³/mol. The summed E-state index contributed by atoms with van der Waals surface area (Å²) in [6.45, 7) is 9.35. The van der Waals surface area contributed by atoms with Crippen LogP contribution in [-0.2, 0) is 11.3 Å². The fraction of sp³-hybridized carbons (Fsp3) is 0.680. The van der Waals surface area contributed by atoms with Crippen LogP contribution < -0.4 is 16.0 Å². The van der Waals surface area contributed by atoms with Crippen molar-refractivity contribution >= 4 is 11.9 Å². The van der Waals surface area contributed by atoms with E-state index in [2.05, 4.69) is 29.8 Å². The van der Waals surface area contributed by atoms with Gasteiger partial charge in [0.2, 0.25) is 5.91 Å². The Bertz CT molecular complexity index is 756.